The van der Waals surface area contributed by atoms with Crippen molar-refractivity contribution in [3.8, 4) is 11.6 Å². The third-order valence-electron chi connectivity index (χ3n) is 3.90. The monoisotopic (exact) mass is 350 g/mol. The number of rotatable bonds is 4. The Morgan fingerprint density at radius 1 is 1.12 bits per heavy atom. The molecule has 0 saturated carbocycles. The number of para-hydroxylation sites is 1. The minimum Gasteiger partial charge on any atom is -0.493 e. The average Bonchev–Trinajstić information content (AvgIpc) is 2.59. The molecule has 0 aliphatic carbocycles. The zero-order valence-corrected chi connectivity index (χ0v) is 14.4. The van der Waals surface area contributed by atoms with Crippen molar-refractivity contribution in [3.63, 3.8) is 0 Å². The molecule has 2 aromatic carbocycles. The summed E-state index contributed by atoms with van der Waals surface area (Å²) in [6.07, 6.45) is 1.19. The first-order valence-electron chi connectivity index (χ1n) is 7.97. The molecule has 0 bridgehead atoms. The van der Waals surface area contributed by atoms with Crippen LogP contribution in [0, 0.1) is 13.8 Å². The lowest BCUT2D eigenvalue weighted by atomic mass is 10.2. The number of benzene rings is 2. The molecule has 1 heterocycles. The Balaban J connectivity index is 2.02. The average molecular weight is 350 g/mol. The molecule has 0 amide bonds. The third-order valence-corrected chi connectivity index (χ3v) is 3.90. The van der Waals surface area contributed by atoms with Crippen LogP contribution in [0.5, 0.6) is 5.88 Å². The van der Waals surface area contributed by atoms with E-state index in [0.29, 0.717) is 5.69 Å². The molecule has 0 atom stereocenters. The van der Waals surface area contributed by atoms with Gasteiger partial charge in [-0.25, -0.2) is 9.36 Å². The van der Waals surface area contributed by atoms with Crippen molar-refractivity contribution in [3.05, 3.63) is 86.1 Å². The van der Waals surface area contributed by atoms with Crippen molar-refractivity contribution in [1.82, 2.24) is 9.55 Å². The Kier molecular flexibility index (Phi) is 4.70. The quantitative estimate of drug-likeness (QED) is 0.496. The van der Waals surface area contributed by atoms with Gasteiger partial charge in [-0.05, 0) is 43.2 Å². The molecule has 3 N–H and O–H groups in total. The largest absolute Gasteiger partial charge is 0.493 e. The maximum atomic E-state index is 12.2. The second-order valence-corrected chi connectivity index (χ2v) is 5.86. The number of H-pyrrole nitrogens is 1. The molecule has 0 radical (unpaired) electrons. The molecule has 26 heavy (non-hydrogen) atoms. The summed E-state index contributed by atoms with van der Waals surface area (Å²) in [5.41, 5.74) is 4.37. The summed E-state index contributed by atoms with van der Waals surface area (Å²) in [5, 5.41) is 14.5. The Labute approximate surface area is 149 Å². The highest BCUT2D eigenvalue weighted by Crippen LogP contribution is 2.17. The van der Waals surface area contributed by atoms with Crippen LogP contribution in [-0.2, 0) is 0 Å². The summed E-state index contributed by atoms with van der Waals surface area (Å²) in [6, 6.07) is 14.5. The smallest absolute Gasteiger partial charge is 0.335 e. The molecule has 7 heteroatoms. The molecule has 3 rings (SSSR count). The first-order chi connectivity index (χ1) is 12.5. The molecule has 1 aromatic heterocycles. The van der Waals surface area contributed by atoms with Gasteiger partial charge in [0.25, 0.3) is 5.56 Å². The second-order valence-electron chi connectivity index (χ2n) is 5.86. The molecule has 0 saturated heterocycles. The number of aryl methyl sites for hydroxylation is 2. The van der Waals surface area contributed by atoms with E-state index in [9.17, 15) is 14.7 Å². The predicted octanol–water partition coefficient (Wildman–Crippen LogP) is 2.29. The van der Waals surface area contributed by atoms with Gasteiger partial charge in [0, 0.05) is 0 Å². The van der Waals surface area contributed by atoms with Crippen molar-refractivity contribution in [1.29, 1.82) is 0 Å². The summed E-state index contributed by atoms with van der Waals surface area (Å²) in [4.78, 5) is 26.4. The molecule has 0 fully saturated rings. The van der Waals surface area contributed by atoms with E-state index in [0.717, 1.165) is 21.4 Å². The van der Waals surface area contributed by atoms with E-state index in [1.165, 1.54) is 6.21 Å². The minimum absolute atomic E-state index is 0.118. The predicted molar refractivity (Wildman–Crippen MR) is 101 cm³/mol. The van der Waals surface area contributed by atoms with Gasteiger partial charge in [0.05, 0.1) is 17.6 Å². The Morgan fingerprint density at radius 2 is 1.88 bits per heavy atom. The summed E-state index contributed by atoms with van der Waals surface area (Å²) in [7, 11) is 0. The minimum atomic E-state index is -0.720. The highest BCUT2D eigenvalue weighted by molar-refractivity contribution is 5.82. The number of nitrogens with zero attached hydrogens (tertiary/aromatic N) is 2. The van der Waals surface area contributed by atoms with Gasteiger partial charge in [-0.15, -0.1) is 0 Å². The topological polar surface area (TPSA) is 99.5 Å². The molecule has 0 unspecified atom stereocenters. The van der Waals surface area contributed by atoms with E-state index in [4.69, 9.17) is 0 Å². The third kappa shape index (κ3) is 3.41. The van der Waals surface area contributed by atoms with Crippen LogP contribution in [0.15, 0.2) is 63.2 Å². The number of hydrogen-bond acceptors (Lipinski definition) is 5. The second kappa shape index (κ2) is 7.10. The zero-order chi connectivity index (χ0) is 18.7. The summed E-state index contributed by atoms with van der Waals surface area (Å²) in [5.74, 6) is -0.473. The SMILES string of the molecule is Cc1cccc(-n2c(O)c(/C=N/Nc3ccccc3C)c(=O)[nH]c2=O)c1. The van der Waals surface area contributed by atoms with Gasteiger partial charge in [-0.2, -0.15) is 5.10 Å². The Morgan fingerprint density at radius 3 is 2.62 bits per heavy atom. The van der Waals surface area contributed by atoms with Gasteiger partial charge >= 0.3 is 5.69 Å². The van der Waals surface area contributed by atoms with E-state index in [2.05, 4.69) is 15.5 Å². The van der Waals surface area contributed by atoms with Crippen molar-refractivity contribution in [2.45, 2.75) is 13.8 Å². The van der Waals surface area contributed by atoms with Crippen LogP contribution in [-0.4, -0.2) is 20.9 Å². The molecule has 0 aliphatic rings. The fourth-order valence-electron chi connectivity index (χ4n) is 2.53. The molecule has 7 nitrogen and oxygen atoms in total. The summed E-state index contributed by atoms with van der Waals surface area (Å²) in [6.45, 7) is 3.78. The van der Waals surface area contributed by atoms with Gasteiger partial charge in [-0.3, -0.25) is 15.2 Å². The maximum Gasteiger partial charge on any atom is 0.335 e. The first kappa shape index (κ1) is 17.2. The maximum absolute atomic E-state index is 12.2. The summed E-state index contributed by atoms with van der Waals surface area (Å²) >= 11 is 0. The lowest BCUT2D eigenvalue weighted by Gasteiger charge is -2.10. The highest BCUT2D eigenvalue weighted by Gasteiger charge is 2.14. The fraction of sp³-hybridized carbons (Fsp3) is 0.105. The van der Waals surface area contributed by atoms with Crippen LogP contribution >= 0.6 is 0 Å². The Bertz CT molecular complexity index is 1100. The van der Waals surface area contributed by atoms with Gasteiger partial charge in [0.1, 0.15) is 5.56 Å². The zero-order valence-electron chi connectivity index (χ0n) is 14.4. The van der Waals surface area contributed by atoms with Crippen molar-refractivity contribution in [2.24, 2.45) is 5.10 Å². The molecular weight excluding hydrogens is 332 g/mol. The summed E-state index contributed by atoms with van der Waals surface area (Å²) < 4.78 is 1.03. The van der Waals surface area contributed by atoms with Gasteiger partial charge in [0.2, 0.25) is 5.88 Å². The van der Waals surface area contributed by atoms with E-state index < -0.39 is 17.1 Å². The molecule has 3 aromatic rings. The number of anilines is 1. The van der Waals surface area contributed by atoms with Crippen molar-refractivity contribution >= 4 is 11.9 Å². The van der Waals surface area contributed by atoms with E-state index in [-0.39, 0.29) is 5.56 Å². The van der Waals surface area contributed by atoms with Gasteiger partial charge < -0.3 is 5.11 Å². The lowest BCUT2D eigenvalue weighted by molar-refractivity contribution is 0.430. The number of aromatic amines is 1. The van der Waals surface area contributed by atoms with Crippen LogP contribution in [0.2, 0.25) is 0 Å². The molecule has 132 valence electrons. The number of aromatic hydroxyl groups is 1. The molecule has 0 spiro atoms. The number of hydrogen-bond donors (Lipinski definition) is 3. The Hall–Kier alpha value is -3.61. The van der Waals surface area contributed by atoms with Crippen LogP contribution < -0.4 is 16.7 Å². The fourth-order valence-corrected chi connectivity index (χ4v) is 2.53. The number of hydrazone groups is 1. The van der Waals surface area contributed by atoms with Crippen LogP contribution in [0.3, 0.4) is 0 Å². The van der Waals surface area contributed by atoms with Gasteiger partial charge in [-0.1, -0.05) is 30.3 Å². The number of aromatic nitrogens is 2. The highest BCUT2D eigenvalue weighted by atomic mass is 16.3. The number of nitrogens with one attached hydrogen (secondary N) is 2. The van der Waals surface area contributed by atoms with Crippen LogP contribution in [0.4, 0.5) is 5.69 Å². The van der Waals surface area contributed by atoms with E-state index in [1.54, 1.807) is 18.2 Å². The molecule has 0 aliphatic heterocycles. The lowest BCUT2D eigenvalue weighted by Crippen LogP contribution is -2.31. The van der Waals surface area contributed by atoms with Crippen LogP contribution in [0.25, 0.3) is 5.69 Å². The first-order valence-corrected chi connectivity index (χ1v) is 7.97. The van der Waals surface area contributed by atoms with E-state index in [1.807, 2.05) is 44.2 Å². The van der Waals surface area contributed by atoms with Crippen molar-refractivity contribution < 1.29 is 5.11 Å². The van der Waals surface area contributed by atoms with Crippen molar-refractivity contribution in [2.75, 3.05) is 5.43 Å². The van der Waals surface area contributed by atoms with Crippen LogP contribution in [0.1, 0.15) is 16.7 Å². The standard InChI is InChI=1S/C19H18N4O3/c1-12-6-5-8-14(10-12)23-18(25)15(17(24)21-19(23)26)11-20-22-16-9-4-3-7-13(16)2/h3-11,22,25H,1-2H3,(H,21,24,26)/b20-11+. The van der Waals surface area contributed by atoms with E-state index >= 15 is 0 Å². The molecular formula is C19H18N4O3. The van der Waals surface area contributed by atoms with Gasteiger partial charge in [0.15, 0.2) is 0 Å². The normalized spacial score (nSPS) is 11.0.